The summed E-state index contributed by atoms with van der Waals surface area (Å²) in [6.45, 7) is 0. The molecule has 0 atom stereocenters. The fraction of sp³-hybridized carbons (Fsp3) is 0.143. The number of hydrogen-bond donors (Lipinski definition) is 1. The van der Waals surface area contributed by atoms with Crippen molar-refractivity contribution >= 4 is 31.7 Å². The van der Waals surface area contributed by atoms with E-state index >= 15 is 0 Å². The molecule has 0 aliphatic rings. The van der Waals surface area contributed by atoms with Gasteiger partial charge in [0.25, 0.3) is 0 Å². The van der Waals surface area contributed by atoms with Crippen molar-refractivity contribution in [2.24, 2.45) is 0 Å². The van der Waals surface area contributed by atoms with Crippen LogP contribution in [0.4, 0.5) is 5.69 Å². The molecule has 80 valence electrons. The third-order valence-electron chi connectivity index (χ3n) is 1.60. The highest BCUT2D eigenvalue weighted by Crippen LogP contribution is 2.37. The Morgan fingerprint density at radius 1 is 1.53 bits per heavy atom. The summed E-state index contributed by atoms with van der Waals surface area (Å²) in [6.07, 6.45) is 0. The summed E-state index contributed by atoms with van der Waals surface area (Å²) >= 11 is 3.03. The molecular weight excluding hydrogens is 288 g/mol. The van der Waals surface area contributed by atoms with Crippen molar-refractivity contribution in [2.45, 2.75) is 4.90 Å². The van der Waals surface area contributed by atoms with E-state index in [1.54, 1.807) is 0 Å². The summed E-state index contributed by atoms with van der Waals surface area (Å²) in [5.74, 6) is 0.0273. The van der Waals surface area contributed by atoms with Gasteiger partial charge in [-0.05, 0) is 6.07 Å². The van der Waals surface area contributed by atoms with Crippen LogP contribution in [-0.4, -0.2) is 20.1 Å². The predicted octanol–water partition coefficient (Wildman–Crippen LogP) is 2.19. The van der Waals surface area contributed by atoms with Gasteiger partial charge in [-0.25, -0.2) is 0 Å². The van der Waals surface area contributed by atoms with Crippen LogP contribution < -0.4 is 4.74 Å². The summed E-state index contributed by atoms with van der Waals surface area (Å²) in [6, 6.07) is 2.51. The maximum absolute atomic E-state index is 10.9. The number of halogens is 1. The highest BCUT2D eigenvalue weighted by atomic mass is 79.9. The molecular formula is C7H6BrN2O4S+. The molecule has 0 unspecified atom stereocenters. The smallest absolute Gasteiger partial charge is 0.447 e. The second kappa shape index (κ2) is 4.14. The molecule has 0 spiro atoms. The van der Waals surface area contributed by atoms with E-state index in [0.717, 1.165) is 6.07 Å². The Morgan fingerprint density at radius 3 is 2.53 bits per heavy atom. The lowest BCUT2D eigenvalue weighted by atomic mass is 10.3. The highest BCUT2D eigenvalue weighted by molar-refractivity contribution is 9.10. The quantitative estimate of drug-likeness (QED) is 0.666. The average molecular weight is 294 g/mol. The Labute approximate surface area is 94.4 Å². The number of hydrogen-bond acceptors (Lipinski definition) is 4. The summed E-state index contributed by atoms with van der Waals surface area (Å²) in [7, 11) is -3.18. The molecule has 1 rings (SSSR count). The average Bonchev–Trinajstić information content (AvgIpc) is 2.15. The van der Waals surface area contributed by atoms with E-state index in [9.17, 15) is 8.42 Å². The molecule has 0 aliphatic carbocycles. The lowest BCUT2D eigenvalue weighted by Gasteiger charge is -2.00. The van der Waals surface area contributed by atoms with Gasteiger partial charge in [-0.15, -0.1) is 0 Å². The number of nitrogens with zero attached hydrogens (tertiary/aromatic N) is 2. The third-order valence-corrected chi connectivity index (χ3v) is 2.93. The fourth-order valence-corrected chi connectivity index (χ4v) is 2.25. The molecule has 6 nitrogen and oxygen atoms in total. The van der Waals surface area contributed by atoms with Gasteiger partial charge in [0, 0.05) is 10.5 Å². The second-order valence-corrected chi connectivity index (χ2v) is 4.84. The molecule has 0 aromatic heterocycles. The van der Waals surface area contributed by atoms with Gasteiger partial charge in [0.2, 0.25) is 11.1 Å². The van der Waals surface area contributed by atoms with E-state index in [1.165, 1.54) is 13.2 Å². The van der Waals surface area contributed by atoms with Crippen LogP contribution in [0.15, 0.2) is 21.5 Å². The van der Waals surface area contributed by atoms with Gasteiger partial charge in [0.1, 0.15) is 0 Å². The Morgan fingerprint density at radius 2 is 2.13 bits per heavy atom. The van der Waals surface area contributed by atoms with Crippen LogP contribution in [-0.2, 0) is 10.1 Å². The third kappa shape index (κ3) is 2.44. The largest absolute Gasteiger partial charge is 0.489 e. The molecule has 0 saturated heterocycles. The molecule has 0 radical (unpaired) electrons. The van der Waals surface area contributed by atoms with Crippen molar-refractivity contribution in [3.63, 3.8) is 0 Å². The van der Waals surface area contributed by atoms with Crippen molar-refractivity contribution in [1.29, 1.82) is 5.39 Å². The zero-order valence-electron chi connectivity index (χ0n) is 7.51. The molecule has 0 bridgehead atoms. The molecule has 15 heavy (non-hydrogen) atoms. The predicted molar refractivity (Wildman–Crippen MR) is 55.3 cm³/mol. The van der Waals surface area contributed by atoms with Crippen molar-refractivity contribution in [3.8, 4) is 5.75 Å². The molecule has 1 N–H and O–H groups in total. The van der Waals surface area contributed by atoms with E-state index in [2.05, 4.69) is 20.9 Å². The minimum absolute atomic E-state index is 0.0273. The van der Waals surface area contributed by atoms with Gasteiger partial charge in [0.05, 0.1) is 7.11 Å². The highest BCUT2D eigenvalue weighted by Gasteiger charge is 2.30. The van der Waals surface area contributed by atoms with E-state index < -0.39 is 15.0 Å². The van der Waals surface area contributed by atoms with Gasteiger partial charge in [-0.1, -0.05) is 15.9 Å². The zero-order chi connectivity index (χ0) is 11.6. The minimum atomic E-state index is -4.46. The van der Waals surface area contributed by atoms with Crippen LogP contribution in [0.1, 0.15) is 0 Å². The molecule has 0 amide bonds. The summed E-state index contributed by atoms with van der Waals surface area (Å²) in [5, 5.41) is 8.64. The van der Waals surface area contributed by atoms with E-state index in [-0.39, 0.29) is 11.4 Å². The second-order valence-electron chi connectivity index (χ2n) is 2.53. The summed E-state index contributed by atoms with van der Waals surface area (Å²) in [5.41, 5.74) is -0.344. The number of methoxy groups -OCH3 is 1. The topological polar surface area (TPSA) is 91.8 Å². The first kappa shape index (κ1) is 11.9. The van der Waals surface area contributed by atoms with Crippen LogP contribution in [0.3, 0.4) is 0 Å². The monoisotopic (exact) mass is 293 g/mol. The first-order chi connectivity index (χ1) is 6.90. The molecule has 0 fully saturated rings. The minimum Gasteiger partial charge on any atom is -0.489 e. The lowest BCUT2D eigenvalue weighted by Crippen LogP contribution is -1.99. The maximum Gasteiger partial charge on any atom is 0.447 e. The number of benzene rings is 1. The van der Waals surface area contributed by atoms with Crippen molar-refractivity contribution in [2.75, 3.05) is 7.11 Å². The van der Waals surface area contributed by atoms with Crippen molar-refractivity contribution in [3.05, 3.63) is 21.6 Å². The van der Waals surface area contributed by atoms with Gasteiger partial charge in [-0.3, -0.25) is 4.55 Å². The standard InChI is InChI=1S/C7H5BrN2O4S/c1-14-5-2-4(8)3-6(7(5)10-9)15(11,12)13/h2-3H,1H3/p+1. The number of rotatable bonds is 2. The number of ether oxygens (including phenoxy) is 1. The Kier molecular flexibility index (Phi) is 3.28. The normalized spacial score (nSPS) is 10.8. The first-order valence-corrected chi connectivity index (χ1v) is 5.83. The van der Waals surface area contributed by atoms with Gasteiger partial charge >= 0.3 is 15.8 Å². The van der Waals surface area contributed by atoms with E-state index in [0.29, 0.717) is 4.47 Å². The fourth-order valence-electron chi connectivity index (χ4n) is 1.00. The van der Waals surface area contributed by atoms with Crippen molar-refractivity contribution in [1.82, 2.24) is 0 Å². The molecule has 0 aliphatic heterocycles. The SMILES string of the molecule is COc1cc(Br)cc(S(=O)(=O)O)c1[N+]#N. The van der Waals surface area contributed by atoms with Crippen LogP contribution in [0.5, 0.6) is 5.75 Å². The molecule has 0 heterocycles. The van der Waals surface area contributed by atoms with Gasteiger partial charge in [-0.2, -0.15) is 8.42 Å². The molecule has 8 heteroatoms. The molecule has 0 saturated carbocycles. The maximum atomic E-state index is 10.9. The Bertz CT molecular complexity index is 535. The lowest BCUT2D eigenvalue weighted by molar-refractivity contribution is 0.415. The summed E-state index contributed by atoms with van der Waals surface area (Å²) < 4.78 is 35.9. The first-order valence-electron chi connectivity index (χ1n) is 3.60. The van der Waals surface area contributed by atoms with E-state index in [1.807, 2.05) is 0 Å². The Balaban J connectivity index is 3.66. The van der Waals surface area contributed by atoms with Crippen molar-refractivity contribution < 1.29 is 17.7 Å². The van der Waals surface area contributed by atoms with Crippen LogP contribution in [0, 0.1) is 5.39 Å². The Hall–Kier alpha value is -1.17. The number of diazo groups is 1. The van der Waals surface area contributed by atoms with Crippen LogP contribution >= 0.6 is 15.9 Å². The van der Waals surface area contributed by atoms with E-state index in [4.69, 9.17) is 14.7 Å². The zero-order valence-corrected chi connectivity index (χ0v) is 9.91. The molecule has 1 aromatic rings. The van der Waals surface area contributed by atoms with Crippen LogP contribution in [0.2, 0.25) is 0 Å². The van der Waals surface area contributed by atoms with Gasteiger partial charge < -0.3 is 4.74 Å². The summed E-state index contributed by atoms with van der Waals surface area (Å²) in [4.78, 5) is 2.23. The molecule has 1 aromatic carbocycles. The van der Waals surface area contributed by atoms with Crippen LogP contribution in [0.25, 0.3) is 4.98 Å². The van der Waals surface area contributed by atoms with Gasteiger partial charge in [0.15, 0.2) is 9.87 Å².